The van der Waals surface area contributed by atoms with Crippen LogP contribution in [0.4, 0.5) is 0 Å². The smallest absolute Gasteiger partial charge is 0.0960 e. The highest BCUT2D eigenvalue weighted by Gasteiger charge is 2.32. The summed E-state index contributed by atoms with van der Waals surface area (Å²) in [6, 6.07) is 0.693. The van der Waals surface area contributed by atoms with E-state index in [1.807, 2.05) is 0 Å². The first-order valence-corrected chi connectivity index (χ1v) is 5.93. The zero-order valence-corrected chi connectivity index (χ0v) is 9.47. The fourth-order valence-corrected chi connectivity index (χ4v) is 2.79. The molecule has 1 saturated heterocycles. The Morgan fingerprint density at radius 3 is 2.43 bits per heavy atom. The van der Waals surface area contributed by atoms with Gasteiger partial charge in [0.05, 0.1) is 5.84 Å². The predicted molar refractivity (Wildman–Crippen MR) is 59.7 cm³/mol. The number of nitrogens with one attached hydrogen (secondary N) is 1. The van der Waals surface area contributed by atoms with Crippen LogP contribution < -0.4 is 0 Å². The van der Waals surface area contributed by atoms with Gasteiger partial charge in [0.25, 0.3) is 0 Å². The average molecular weight is 194 g/mol. The predicted octanol–water partition coefficient (Wildman–Crippen LogP) is 3.03. The van der Waals surface area contributed by atoms with Crippen LogP contribution in [0.5, 0.6) is 0 Å². The minimum Gasteiger partial charge on any atom is -0.358 e. The molecule has 1 saturated carbocycles. The third-order valence-electron chi connectivity index (χ3n) is 3.91. The van der Waals surface area contributed by atoms with Gasteiger partial charge in [0, 0.05) is 19.0 Å². The summed E-state index contributed by atoms with van der Waals surface area (Å²) in [6.45, 7) is 5.89. The number of hydrogen-bond donors (Lipinski definition) is 1. The molecule has 80 valence electrons. The molecule has 0 amide bonds. The lowest BCUT2D eigenvalue weighted by Gasteiger charge is -2.39. The Hall–Kier alpha value is -0.530. The largest absolute Gasteiger partial charge is 0.358 e. The van der Waals surface area contributed by atoms with Gasteiger partial charge in [-0.15, -0.1) is 0 Å². The maximum Gasteiger partial charge on any atom is 0.0960 e. The van der Waals surface area contributed by atoms with E-state index in [-0.39, 0.29) is 0 Å². The summed E-state index contributed by atoms with van der Waals surface area (Å²) in [6.07, 6.45) is 7.49. The van der Waals surface area contributed by atoms with Crippen molar-refractivity contribution in [2.45, 2.75) is 58.4 Å². The van der Waals surface area contributed by atoms with Crippen LogP contribution in [0.2, 0.25) is 0 Å². The van der Waals surface area contributed by atoms with Gasteiger partial charge in [0.15, 0.2) is 0 Å². The van der Waals surface area contributed by atoms with Crippen molar-refractivity contribution in [3.63, 3.8) is 0 Å². The van der Waals surface area contributed by atoms with Crippen molar-refractivity contribution >= 4 is 5.84 Å². The van der Waals surface area contributed by atoms with Crippen LogP contribution >= 0.6 is 0 Å². The van der Waals surface area contributed by atoms with Crippen molar-refractivity contribution in [2.24, 2.45) is 5.41 Å². The molecule has 0 unspecified atom stereocenters. The highest BCUT2D eigenvalue weighted by atomic mass is 15.2. The molecule has 1 aliphatic carbocycles. The molecule has 14 heavy (non-hydrogen) atoms. The number of rotatable bonds is 1. The molecule has 1 aliphatic heterocycles. The lowest BCUT2D eigenvalue weighted by molar-refractivity contribution is 0.161. The number of likely N-dealkylation sites (tertiary alicyclic amines) is 1. The van der Waals surface area contributed by atoms with Crippen LogP contribution in [0.15, 0.2) is 0 Å². The Morgan fingerprint density at radius 2 is 1.93 bits per heavy atom. The molecule has 2 rings (SSSR count). The molecule has 1 heterocycles. The Kier molecular flexibility index (Phi) is 2.54. The average Bonchev–Trinajstić information content (AvgIpc) is 2.52. The monoisotopic (exact) mass is 194 g/mol. The van der Waals surface area contributed by atoms with Crippen molar-refractivity contribution in [1.82, 2.24) is 4.90 Å². The summed E-state index contributed by atoms with van der Waals surface area (Å²) in [7, 11) is 0. The van der Waals surface area contributed by atoms with Crippen molar-refractivity contribution in [3.8, 4) is 0 Å². The summed E-state index contributed by atoms with van der Waals surface area (Å²) in [5.74, 6) is 0.898. The fraction of sp³-hybridized carbons (Fsp3) is 0.917. The molecule has 0 aromatic heterocycles. The second-order valence-electron chi connectivity index (χ2n) is 5.64. The van der Waals surface area contributed by atoms with E-state index >= 15 is 0 Å². The second-order valence-corrected chi connectivity index (χ2v) is 5.64. The molecule has 0 aromatic rings. The van der Waals surface area contributed by atoms with E-state index < -0.39 is 0 Å². The van der Waals surface area contributed by atoms with Crippen molar-refractivity contribution in [3.05, 3.63) is 0 Å². The van der Waals surface area contributed by atoms with Crippen molar-refractivity contribution in [2.75, 3.05) is 6.54 Å². The van der Waals surface area contributed by atoms with Crippen LogP contribution in [0.3, 0.4) is 0 Å². The summed E-state index contributed by atoms with van der Waals surface area (Å²) in [5.41, 5.74) is 0.554. The SMILES string of the molecule is CC1(C)CCC(N2CCCC2=N)CC1. The summed E-state index contributed by atoms with van der Waals surface area (Å²) in [5, 5.41) is 7.87. The van der Waals surface area contributed by atoms with Crippen molar-refractivity contribution in [1.29, 1.82) is 5.41 Å². The highest BCUT2D eigenvalue weighted by Crippen LogP contribution is 2.37. The first-order chi connectivity index (χ1) is 6.58. The van der Waals surface area contributed by atoms with Crippen LogP contribution in [0.1, 0.15) is 52.4 Å². The molecule has 2 nitrogen and oxygen atoms in total. The van der Waals surface area contributed by atoms with E-state index in [0.29, 0.717) is 11.5 Å². The minimum atomic E-state index is 0.554. The van der Waals surface area contributed by atoms with E-state index in [1.54, 1.807) is 0 Å². The normalized spacial score (nSPS) is 28.4. The Balaban J connectivity index is 1.92. The van der Waals surface area contributed by atoms with E-state index in [2.05, 4.69) is 18.7 Å². The van der Waals surface area contributed by atoms with Gasteiger partial charge >= 0.3 is 0 Å². The van der Waals surface area contributed by atoms with Crippen LogP contribution in [0, 0.1) is 10.8 Å². The van der Waals surface area contributed by atoms with Crippen molar-refractivity contribution < 1.29 is 0 Å². The van der Waals surface area contributed by atoms with Crippen LogP contribution in [-0.2, 0) is 0 Å². The zero-order valence-electron chi connectivity index (χ0n) is 9.47. The summed E-state index contributed by atoms with van der Waals surface area (Å²) in [4.78, 5) is 2.36. The lowest BCUT2D eigenvalue weighted by Crippen LogP contribution is -2.40. The maximum atomic E-state index is 7.87. The first-order valence-electron chi connectivity index (χ1n) is 5.93. The Labute approximate surface area is 87.2 Å². The quantitative estimate of drug-likeness (QED) is 0.682. The standard InChI is InChI=1S/C12H22N2/c1-12(2)7-5-10(6-8-12)14-9-3-4-11(14)13/h10,13H,3-9H2,1-2H3. The number of hydrogen-bond acceptors (Lipinski definition) is 1. The van der Waals surface area contributed by atoms with Gasteiger partial charge < -0.3 is 4.90 Å². The Morgan fingerprint density at radius 1 is 1.29 bits per heavy atom. The molecule has 2 fully saturated rings. The van der Waals surface area contributed by atoms with Gasteiger partial charge in [-0.3, -0.25) is 5.41 Å². The van der Waals surface area contributed by atoms with E-state index in [0.717, 1.165) is 18.8 Å². The van der Waals surface area contributed by atoms with Gasteiger partial charge in [-0.25, -0.2) is 0 Å². The molecule has 0 atom stereocenters. The van der Waals surface area contributed by atoms with Gasteiger partial charge in [-0.2, -0.15) is 0 Å². The number of nitrogens with zero attached hydrogens (tertiary/aromatic N) is 1. The van der Waals surface area contributed by atoms with E-state index in [9.17, 15) is 0 Å². The molecular weight excluding hydrogens is 172 g/mol. The molecule has 0 spiro atoms. The number of amidine groups is 1. The maximum absolute atomic E-state index is 7.87. The third kappa shape index (κ3) is 1.94. The molecule has 1 N–H and O–H groups in total. The topological polar surface area (TPSA) is 27.1 Å². The molecule has 0 radical (unpaired) electrons. The highest BCUT2D eigenvalue weighted by molar-refractivity contribution is 5.81. The van der Waals surface area contributed by atoms with E-state index in [1.165, 1.54) is 32.1 Å². The Bertz CT molecular complexity index is 222. The fourth-order valence-electron chi connectivity index (χ4n) is 2.79. The molecule has 0 bridgehead atoms. The summed E-state index contributed by atoms with van der Waals surface area (Å²) < 4.78 is 0. The molecule has 2 aliphatic rings. The summed E-state index contributed by atoms with van der Waals surface area (Å²) >= 11 is 0. The van der Waals surface area contributed by atoms with Gasteiger partial charge in [-0.1, -0.05) is 13.8 Å². The van der Waals surface area contributed by atoms with Gasteiger partial charge in [-0.05, 0) is 37.5 Å². The first kappa shape index (κ1) is 10.0. The van der Waals surface area contributed by atoms with Crippen LogP contribution in [-0.4, -0.2) is 23.3 Å². The third-order valence-corrected chi connectivity index (χ3v) is 3.91. The second kappa shape index (κ2) is 3.56. The van der Waals surface area contributed by atoms with Gasteiger partial charge in [0.2, 0.25) is 0 Å². The molecule has 0 aromatic carbocycles. The lowest BCUT2D eigenvalue weighted by atomic mass is 9.75. The molecule has 2 heteroatoms. The zero-order chi connectivity index (χ0) is 10.2. The minimum absolute atomic E-state index is 0.554. The van der Waals surface area contributed by atoms with Crippen LogP contribution in [0.25, 0.3) is 0 Å². The van der Waals surface area contributed by atoms with E-state index in [4.69, 9.17) is 5.41 Å². The molecular formula is C12H22N2. The van der Waals surface area contributed by atoms with Gasteiger partial charge in [0.1, 0.15) is 0 Å².